The molecule has 0 saturated carbocycles. The Morgan fingerprint density at radius 2 is 1.95 bits per heavy atom. The number of hydrogen-bond acceptors (Lipinski definition) is 4. The summed E-state index contributed by atoms with van der Waals surface area (Å²) in [6.45, 7) is 0. The average molecular weight is 316 g/mol. The van der Waals surface area contributed by atoms with Crippen LogP contribution in [0.3, 0.4) is 0 Å². The summed E-state index contributed by atoms with van der Waals surface area (Å²) >= 11 is 3.07. The summed E-state index contributed by atoms with van der Waals surface area (Å²) in [4.78, 5) is 23.1. The normalized spacial score (nSPS) is 10.9. The zero-order chi connectivity index (χ0) is 14.8. The van der Waals surface area contributed by atoms with Crippen LogP contribution < -0.4 is 0 Å². The second-order valence-corrected chi connectivity index (χ2v) is 6.51. The zero-order valence-corrected chi connectivity index (χ0v) is 12.7. The van der Waals surface area contributed by atoms with Crippen molar-refractivity contribution in [2.24, 2.45) is 0 Å². The Labute approximate surface area is 129 Å². The van der Waals surface area contributed by atoms with Gasteiger partial charge in [-0.2, -0.15) is 0 Å². The lowest BCUT2D eigenvalue weighted by molar-refractivity contribution is -0.136. The smallest absolute Gasteiger partial charge is 0.303 e. The van der Waals surface area contributed by atoms with Gasteiger partial charge in [0.2, 0.25) is 0 Å². The van der Waals surface area contributed by atoms with Crippen LogP contribution in [0.4, 0.5) is 0 Å². The Morgan fingerprint density at radius 3 is 2.76 bits per heavy atom. The fourth-order valence-corrected chi connectivity index (χ4v) is 3.90. The van der Waals surface area contributed by atoms with Gasteiger partial charge in [-0.3, -0.25) is 9.59 Å². The molecule has 3 nitrogen and oxygen atoms in total. The van der Waals surface area contributed by atoms with E-state index in [4.69, 9.17) is 5.11 Å². The van der Waals surface area contributed by atoms with Crippen LogP contribution in [0, 0.1) is 0 Å². The molecule has 2 aromatic heterocycles. The van der Waals surface area contributed by atoms with Crippen molar-refractivity contribution in [1.29, 1.82) is 0 Å². The lowest BCUT2D eigenvalue weighted by atomic mass is 10.0. The Kier molecular flexibility index (Phi) is 3.86. The first-order chi connectivity index (χ1) is 10.1. The van der Waals surface area contributed by atoms with Crippen molar-refractivity contribution in [1.82, 2.24) is 0 Å². The van der Waals surface area contributed by atoms with Crippen LogP contribution >= 0.6 is 22.7 Å². The molecule has 21 heavy (non-hydrogen) atoms. The monoisotopic (exact) mass is 316 g/mol. The Bertz CT molecular complexity index is 814. The van der Waals surface area contributed by atoms with Gasteiger partial charge in [0.25, 0.3) is 0 Å². The highest BCUT2D eigenvalue weighted by atomic mass is 32.1. The molecule has 0 aliphatic rings. The molecular formula is C16H12O3S2. The average Bonchev–Trinajstić information content (AvgIpc) is 3.12. The van der Waals surface area contributed by atoms with E-state index < -0.39 is 5.97 Å². The minimum absolute atomic E-state index is 0.0535. The lowest BCUT2D eigenvalue weighted by Gasteiger charge is -2.00. The molecule has 0 aliphatic carbocycles. The van der Waals surface area contributed by atoms with Crippen molar-refractivity contribution in [3.63, 3.8) is 0 Å². The summed E-state index contributed by atoms with van der Waals surface area (Å²) in [7, 11) is 0. The number of rotatable bonds is 5. The summed E-state index contributed by atoms with van der Waals surface area (Å²) in [5.74, 6) is -1.05. The fourth-order valence-electron chi connectivity index (χ4n) is 2.21. The third-order valence-electron chi connectivity index (χ3n) is 3.25. The summed E-state index contributed by atoms with van der Waals surface area (Å²) in [5.41, 5.74) is 2.13. The van der Waals surface area contributed by atoms with Crippen molar-refractivity contribution >= 4 is 44.5 Å². The molecule has 0 saturated heterocycles. The molecule has 0 aliphatic heterocycles. The number of carboxylic acids is 1. The molecule has 5 heteroatoms. The molecule has 0 fully saturated rings. The van der Waals surface area contributed by atoms with Gasteiger partial charge < -0.3 is 5.11 Å². The zero-order valence-electron chi connectivity index (χ0n) is 11.0. The molecule has 0 spiro atoms. The predicted molar refractivity (Wildman–Crippen MR) is 86.3 cm³/mol. The Morgan fingerprint density at radius 1 is 1.10 bits per heavy atom. The SMILES string of the molecule is O=C(O)CCC(=O)c1cc(-c2cccc3sccc23)cs1. The van der Waals surface area contributed by atoms with Crippen LogP contribution in [0.2, 0.25) is 0 Å². The number of carboxylic acid groups (broad SMARTS) is 1. The third kappa shape index (κ3) is 2.89. The first-order valence-electron chi connectivity index (χ1n) is 6.45. The van der Waals surface area contributed by atoms with Gasteiger partial charge in [0.05, 0.1) is 11.3 Å². The number of carbonyl (C=O) groups is 2. The fraction of sp³-hybridized carbons (Fsp3) is 0.125. The first kappa shape index (κ1) is 14.0. The Balaban J connectivity index is 1.89. The van der Waals surface area contributed by atoms with E-state index in [0.29, 0.717) is 4.88 Å². The topological polar surface area (TPSA) is 54.4 Å². The predicted octanol–water partition coefficient (Wildman–Crippen LogP) is 4.68. The summed E-state index contributed by atoms with van der Waals surface area (Å²) in [5, 5.41) is 13.8. The van der Waals surface area contributed by atoms with E-state index in [1.165, 1.54) is 21.4 Å². The summed E-state index contributed by atoms with van der Waals surface area (Å²) < 4.78 is 1.22. The van der Waals surface area contributed by atoms with Gasteiger partial charge in [-0.05, 0) is 40.1 Å². The van der Waals surface area contributed by atoms with E-state index in [2.05, 4.69) is 17.5 Å². The van der Waals surface area contributed by atoms with Gasteiger partial charge in [-0.1, -0.05) is 12.1 Å². The molecule has 0 atom stereocenters. The van der Waals surface area contributed by atoms with E-state index in [9.17, 15) is 9.59 Å². The molecule has 3 rings (SSSR count). The van der Waals surface area contributed by atoms with Gasteiger partial charge in [-0.15, -0.1) is 22.7 Å². The largest absolute Gasteiger partial charge is 0.481 e. The molecule has 0 amide bonds. The second kappa shape index (κ2) is 5.79. The molecule has 2 heterocycles. The molecule has 0 unspecified atom stereocenters. The standard InChI is InChI=1S/C16H12O3S2/c17-13(4-5-16(18)19)15-8-10(9-21-15)11-2-1-3-14-12(11)6-7-20-14/h1-3,6-9H,4-5H2,(H,18,19). The maximum absolute atomic E-state index is 12.0. The number of carbonyl (C=O) groups excluding carboxylic acids is 1. The highest BCUT2D eigenvalue weighted by molar-refractivity contribution is 7.17. The highest BCUT2D eigenvalue weighted by Crippen LogP contribution is 2.34. The summed E-state index contributed by atoms with van der Waals surface area (Å²) in [6.07, 6.45) is -0.0654. The van der Waals surface area contributed by atoms with Crippen LogP contribution in [0.25, 0.3) is 21.2 Å². The van der Waals surface area contributed by atoms with E-state index in [1.807, 2.05) is 23.6 Å². The van der Waals surface area contributed by atoms with Gasteiger partial charge in [0, 0.05) is 16.5 Å². The maximum atomic E-state index is 12.0. The van der Waals surface area contributed by atoms with Crippen molar-refractivity contribution < 1.29 is 14.7 Å². The third-order valence-corrected chi connectivity index (χ3v) is 5.10. The number of hydrogen-bond donors (Lipinski definition) is 1. The molecule has 106 valence electrons. The Hall–Kier alpha value is -1.98. The maximum Gasteiger partial charge on any atom is 0.303 e. The van der Waals surface area contributed by atoms with Crippen LogP contribution in [-0.2, 0) is 4.79 Å². The number of thiophene rings is 2. The molecule has 1 N–H and O–H groups in total. The molecule has 3 aromatic rings. The van der Waals surface area contributed by atoms with Gasteiger partial charge >= 0.3 is 5.97 Å². The molecular weight excluding hydrogens is 304 g/mol. The van der Waals surface area contributed by atoms with Crippen molar-refractivity contribution in [3.8, 4) is 11.1 Å². The van der Waals surface area contributed by atoms with Crippen LogP contribution in [-0.4, -0.2) is 16.9 Å². The number of ketones is 1. The number of aliphatic carboxylic acids is 1. The lowest BCUT2D eigenvalue weighted by Crippen LogP contribution is -2.01. The van der Waals surface area contributed by atoms with Gasteiger partial charge in [0.15, 0.2) is 5.78 Å². The van der Waals surface area contributed by atoms with Crippen molar-refractivity contribution in [3.05, 3.63) is 46.0 Å². The van der Waals surface area contributed by atoms with Crippen LogP contribution in [0.5, 0.6) is 0 Å². The van der Waals surface area contributed by atoms with Gasteiger partial charge in [0.1, 0.15) is 0 Å². The molecule has 0 radical (unpaired) electrons. The van der Waals surface area contributed by atoms with Crippen LogP contribution in [0.15, 0.2) is 41.1 Å². The van der Waals surface area contributed by atoms with Crippen LogP contribution in [0.1, 0.15) is 22.5 Å². The summed E-state index contributed by atoms with van der Waals surface area (Å²) in [6, 6.07) is 10.1. The van der Waals surface area contributed by atoms with E-state index in [-0.39, 0.29) is 18.6 Å². The number of Topliss-reactive ketones (excluding diaryl/α,β-unsaturated/α-hetero) is 1. The second-order valence-electron chi connectivity index (χ2n) is 4.65. The van der Waals surface area contributed by atoms with Crippen molar-refractivity contribution in [2.75, 3.05) is 0 Å². The molecule has 1 aromatic carbocycles. The minimum Gasteiger partial charge on any atom is -0.481 e. The van der Waals surface area contributed by atoms with E-state index in [0.717, 1.165) is 11.1 Å². The highest BCUT2D eigenvalue weighted by Gasteiger charge is 2.13. The quantitative estimate of drug-likeness (QED) is 0.695. The van der Waals surface area contributed by atoms with E-state index in [1.54, 1.807) is 11.3 Å². The first-order valence-corrected chi connectivity index (χ1v) is 8.21. The number of fused-ring (bicyclic) bond motifs is 1. The number of benzene rings is 1. The molecule has 0 bridgehead atoms. The van der Waals surface area contributed by atoms with Gasteiger partial charge in [-0.25, -0.2) is 0 Å². The van der Waals surface area contributed by atoms with Crippen molar-refractivity contribution in [2.45, 2.75) is 12.8 Å². The minimum atomic E-state index is -0.942. The van der Waals surface area contributed by atoms with E-state index >= 15 is 0 Å².